The number of hydrogen-bond acceptors (Lipinski definition) is 5. The summed E-state index contributed by atoms with van der Waals surface area (Å²) in [6, 6.07) is 6.16. The third kappa shape index (κ3) is 3.10. The molecule has 1 unspecified atom stereocenters. The fourth-order valence-electron chi connectivity index (χ4n) is 2.64. The Labute approximate surface area is 125 Å². The molecule has 0 radical (unpaired) electrons. The Hall–Kier alpha value is -1.20. The lowest BCUT2D eigenvalue weighted by molar-refractivity contribution is 0.101. The van der Waals surface area contributed by atoms with E-state index in [1.54, 1.807) is 18.9 Å². The number of carbonyl (C=O) groups excluding carboxylic acids is 1. The van der Waals surface area contributed by atoms with Crippen LogP contribution in [0.25, 0.3) is 0 Å². The van der Waals surface area contributed by atoms with Gasteiger partial charge in [0.15, 0.2) is 5.78 Å². The fourth-order valence-corrected chi connectivity index (χ4v) is 2.99. The molecule has 0 aliphatic carbocycles. The molecule has 4 nitrogen and oxygen atoms in total. The van der Waals surface area contributed by atoms with E-state index in [-0.39, 0.29) is 5.78 Å². The zero-order valence-electron chi connectivity index (χ0n) is 12.4. The van der Waals surface area contributed by atoms with Crippen molar-refractivity contribution in [3.05, 3.63) is 23.8 Å². The molecule has 0 bridgehead atoms. The largest absolute Gasteiger partial charge is 0.371 e. The fraction of sp³-hybridized carbons (Fsp3) is 0.533. The highest BCUT2D eigenvalue weighted by Gasteiger charge is 2.22. The van der Waals surface area contributed by atoms with Gasteiger partial charge in [-0.05, 0) is 44.0 Å². The minimum absolute atomic E-state index is 0.109. The SMILES string of the molecule is CSN(C)c1ccc(N2CCC(CN)C2)cc1C(C)=O. The predicted octanol–water partition coefficient (Wildman–Crippen LogP) is 2.39. The van der Waals surface area contributed by atoms with Gasteiger partial charge in [-0.1, -0.05) is 11.9 Å². The maximum absolute atomic E-state index is 11.9. The lowest BCUT2D eigenvalue weighted by Crippen LogP contribution is -2.23. The molecule has 0 aromatic heterocycles. The summed E-state index contributed by atoms with van der Waals surface area (Å²) in [6.45, 7) is 4.38. The number of nitrogens with zero attached hydrogens (tertiary/aromatic N) is 2. The van der Waals surface area contributed by atoms with Gasteiger partial charge in [0.1, 0.15) is 0 Å². The summed E-state index contributed by atoms with van der Waals surface area (Å²) in [5, 5.41) is 0. The van der Waals surface area contributed by atoms with Crippen LogP contribution in [0.4, 0.5) is 11.4 Å². The van der Waals surface area contributed by atoms with Gasteiger partial charge in [0.25, 0.3) is 0 Å². The molecule has 0 saturated carbocycles. The average Bonchev–Trinajstić information content (AvgIpc) is 2.94. The van der Waals surface area contributed by atoms with Crippen molar-refractivity contribution in [3.8, 4) is 0 Å². The third-order valence-electron chi connectivity index (χ3n) is 3.96. The quantitative estimate of drug-likeness (QED) is 0.667. The Balaban J connectivity index is 2.29. The zero-order valence-corrected chi connectivity index (χ0v) is 13.2. The van der Waals surface area contributed by atoms with E-state index in [0.29, 0.717) is 5.92 Å². The van der Waals surface area contributed by atoms with Crippen molar-refractivity contribution < 1.29 is 4.79 Å². The van der Waals surface area contributed by atoms with Crippen molar-refractivity contribution in [1.82, 2.24) is 0 Å². The molecule has 1 atom stereocenters. The van der Waals surface area contributed by atoms with Gasteiger partial charge in [0.2, 0.25) is 0 Å². The first-order valence-corrected chi connectivity index (χ1v) is 8.12. The van der Waals surface area contributed by atoms with Gasteiger partial charge in [-0.15, -0.1) is 0 Å². The number of ketones is 1. The monoisotopic (exact) mass is 293 g/mol. The highest BCUT2D eigenvalue weighted by atomic mass is 32.2. The molecule has 20 heavy (non-hydrogen) atoms. The molecule has 0 amide bonds. The molecule has 2 N–H and O–H groups in total. The second-order valence-electron chi connectivity index (χ2n) is 5.27. The number of hydrogen-bond donors (Lipinski definition) is 1. The van der Waals surface area contributed by atoms with Crippen LogP contribution in [0.3, 0.4) is 0 Å². The van der Waals surface area contributed by atoms with Crippen LogP contribution in [-0.2, 0) is 0 Å². The lowest BCUT2D eigenvalue weighted by Gasteiger charge is -2.23. The van der Waals surface area contributed by atoms with Crippen molar-refractivity contribution in [3.63, 3.8) is 0 Å². The van der Waals surface area contributed by atoms with E-state index in [4.69, 9.17) is 5.73 Å². The molecule has 110 valence electrons. The highest BCUT2D eigenvalue weighted by Crippen LogP contribution is 2.31. The standard InChI is InChI=1S/C15H23N3OS/c1-11(19)14-8-13(4-5-15(14)17(2)20-3)18-7-6-12(9-16)10-18/h4-5,8,12H,6-7,9-10,16H2,1-3H3. The molecule has 5 heteroatoms. The molecule has 0 spiro atoms. The molecule has 1 aromatic rings. The van der Waals surface area contributed by atoms with E-state index >= 15 is 0 Å². The average molecular weight is 293 g/mol. The topological polar surface area (TPSA) is 49.6 Å². The van der Waals surface area contributed by atoms with E-state index in [1.165, 1.54) is 0 Å². The molecular formula is C15H23N3OS. The first-order chi connectivity index (χ1) is 9.56. The summed E-state index contributed by atoms with van der Waals surface area (Å²) < 4.78 is 2.02. The van der Waals surface area contributed by atoms with E-state index in [0.717, 1.165) is 43.0 Å². The molecule has 1 fully saturated rings. The molecular weight excluding hydrogens is 270 g/mol. The van der Waals surface area contributed by atoms with Gasteiger partial charge in [-0.2, -0.15) is 0 Å². The Morgan fingerprint density at radius 2 is 2.30 bits per heavy atom. The van der Waals surface area contributed by atoms with Gasteiger partial charge >= 0.3 is 0 Å². The van der Waals surface area contributed by atoms with Crippen LogP contribution in [0, 0.1) is 5.92 Å². The normalized spacial score (nSPS) is 18.4. The Morgan fingerprint density at radius 1 is 1.55 bits per heavy atom. The van der Waals surface area contributed by atoms with Crippen molar-refractivity contribution in [2.24, 2.45) is 11.7 Å². The molecule has 1 heterocycles. The van der Waals surface area contributed by atoms with Crippen molar-refractivity contribution in [2.75, 3.05) is 42.1 Å². The minimum Gasteiger partial charge on any atom is -0.371 e. The van der Waals surface area contributed by atoms with Crippen LogP contribution < -0.4 is 14.9 Å². The van der Waals surface area contributed by atoms with E-state index in [9.17, 15) is 4.79 Å². The Bertz CT molecular complexity index is 492. The summed E-state index contributed by atoms with van der Waals surface area (Å²) in [6.07, 6.45) is 3.14. The third-order valence-corrected chi connectivity index (χ3v) is 4.70. The van der Waals surface area contributed by atoms with Gasteiger partial charge < -0.3 is 14.9 Å². The lowest BCUT2D eigenvalue weighted by atomic mass is 10.1. The van der Waals surface area contributed by atoms with E-state index in [1.807, 2.05) is 29.7 Å². The van der Waals surface area contributed by atoms with Crippen LogP contribution in [0.2, 0.25) is 0 Å². The second kappa shape index (κ2) is 6.50. The Kier molecular flexibility index (Phi) is 4.94. The summed E-state index contributed by atoms with van der Waals surface area (Å²) in [5.74, 6) is 0.682. The summed E-state index contributed by atoms with van der Waals surface area (Å²) >= 11 is 1.60. The van der Waals surface area contributed by atoms with Gasteiger partial charge in [0.05, 0.1) is 5.69 Å². The smallest absolute Gasteiger partial charge is 0.161 e. The summed E-state index contributed by atoms with van der Waals surface area (Å²) in [7, 11) is 1.98. The number of Topliss-reactive ketones (excluding diaryl/α,β-unsaturated/α-hetero) is 1. The van der Waals surface area contributed by atoms with Gasteiger partial charge in [-0.25, -0.2) is 0 Å². The van der Waals surface area contributed by atoms with E-state index < -0.39 is 0 Å². The van der Waals surface area contributed by atoms with Gasteiger partial charge in [-0.3, -0.25) is 4.79 Å². The number of nitrogens with two attached hydrogens (primary N) is 1. The highest BCUT2D eigenvalue weighted by molar-refractivity contribution is 7.99. The van der Waals surface area contributed by atoms with Crippen LogP contribution >= 0.6 is 11.9 Å². The second-order valence-corrected chi connectivity index (χ2v) is 6.19. The maximum atomic E-state index is 11.9. The van der Waals surface area contributed by atoms with Gasteiger partial charge in [0, 0.05) is 37.6 Å². The molecule has 1 aromatic carbocycles. The zero-order chi connectivity index (χ0) is 14.7. The van der Waals surface area contributed by atoms with Crippen molar-refractivity contribution >= 4 is 29.1 Å². The minimum atomic E-state index is 0.109. The van der Waals surface area contributed by atoms with Crippen molar-refractivity contribution in [1.29, 1.82) is 0 Å². The molecule has 1 aliphatic heterocycles. The molecule has 1 saturated heterocycles. The van der Waals surface area contributed by atoms with E-state index in [2.05, 4.69) is 11.0 Å². The van der Waals surface area contributed by atoms with Crippen LogP contribution in [0.1, 0.15) is 23.7 Å². The molecule has 1 aliphatic rings. The number of benzene rings is 1. The number of rotatable bonds is 5. The first kappa shape index (κ1) is 15.2. The Morgan fingerprint density at radius 3 is 2.85 bits per heavy atom. The number of anilines is 2. The maximum Gasteiger partial charge on any atom is 0.161 e. The molecule has 2 rings (SSSR count). The van der Waals surface area contributed by atoms with Crippen LogP contribution in [0.15, 0.2) is 18.2 Å². The van der Waals surface area contributed by atoms with Crippen LogP contribution in [0.5, 0.6) is 0 Å². The predicted molar refractivity (Wildman–Crippen MR) is 87.7 cm³/mol. The summed E-state index contributed by atoms with van der Waals surface area (Å²) in [4.78, 5) is 14.2. The number of carbonyl (C=O) groups is 1. The van der Waals surface area contributed by atoms with Crippen molar-refractivity contribution in [2.45, 2.75) is 13.3 Å². The first-order valence-electron chi connectivity index (χ1n) is 6.94. The van der Waals surface area contributed by atoms with Crippen LogP contribution in [-0.4, -0.2) is 38.7 Å². The summed E-state index contributed by atoms with van der Waals surface area (Å²) in [5.41, 5.74) is 8.64.